The maximum absolute atomic E-state index is 13.7. The minimum atomic E-state index is -0.532. The Labute approximate surface area is 218 Å². The van der Waals surface area contributed by atoms with Crippen molar-refractivity contribution in [2.24, 2.45) is 0 Å². The highest BCUT2D eigenvalue weighted by atomic mass is 79.9. The fourth-order valence-electron chi connectivity index (χ4n) is 3.82. The lowest BCUT2D eigenvalue weighted by Crippen LogP contribution is -2.31. The number of amides is 2. The number of thioether (sulfide) groups is 1. The van der Waals surface area contributed by atoms with Gasteiger partial charge in [0, 0.05) is 15.8 Å². The predicted molar refractivity (Wildman–Crippen MR) is 145 cm³/mol. The summed E-state index contributed by atoms with van der Waals surface area (Å²) in [7, 11) is 0. The maximum atomic E-state index is 13.7. The number of anilines is 2. The van der Waals surface area contributed by atoms with Crippen molar-refractivity contribution in [2.75, 3.05) is 10.2 Å². The SMILES string of the molecule is Cc1ccc(N2C(=O)C(Cc3ccc(Br)cc3)S/C2=C(/C#N)C(=O)Nc2ccccc2C)cc1C. The van der Waals surface area contributed by atoms with Gasteiger partial charge in [0.25, 0.3) is 5.91 Å². The van der Waals surface area contributed by atoms with Crippen LogP contribution >= 0.6 is 27.7 Å². The topological polar surface area (TPSA) is 73.2 Å². The molecule has 0 spiro atoms. The van der Waals surface area contributed by atoms with Gasteiger partial charge in [0.2, 0.25) is 5.91 Å². The van der Waals surface area contributed by atoms with E-state index >= 15 is 0 Å². The number of para-hydroxylation sites is 1. The molecule has 1 fully saturated rings. The molecule has 2 amide bonds. The van der Waals surface area contributed by atoms with E-state index in [0.717, 1.165) is 26.7 Å². The molecule has 1 N–H and O–H groups in total. The minimum Gasteiger partial charge on any atom is -0.321 e. The molecule has 35 heavy (non-hydrogen) atoms. The van der Waals surface area contributed by atoms with Gasteiger partial charge in [-0.3, -0.25) is 14.5 Å². The van der Waals surface area contributed by atoms with Gasteiger partial charge >= 0.3 is 0 Å². The summed E-state index contributed by atoms with van der Waals surface area (Å²) in [6.45, 7) is 5.87. The summed E-state index contributed by atoms with van der Waals surface area (Å²) in [5, 5.41) is 12.8. The number of benzene rings is 3. The molecule has 0 saturated carbocycles. The summed E-state index contributed by atoms with van der Waals surface area (Å²) in [4.78, 5) is 28.4. The van der Waals surface area contributed by atoms with Crippen molar-refractivity contribution in [3.63, 3.8) is 0 Å². The fourth-order valence-corrected chi connectivity index (χ4v) is 5.39. The molecule has 4 rings (SSSR count). The molecule has 1 aliphatic heterocycles. The monoisotopic (exact) mass is 545 g/mol. The van der Waals surface area contributed by atoms with Gasteiger partial charge < -0.3 is 5.32 Å². The van der Waals surface area contributed by atoms with Crippen molar-refractivity contribution < 1.29 is 9.59 Å². The predicted octanol–water partition coefficient (Wildman–Crippen LogP) is 6.44. The second-order valence-corrected chi connectivity index (χ2v) is 10.5. The first-order valence-corrected chi connectivity index (χ1v) is 12.8. The van der Waals surface area contributed by atoms with E-state index in [1.165, 1.54) is 16.7 Å². The number of rotatable bonds is 5. The number of carbonyl (C=O) groups excluding carboxylic acids is 2. The van der Waals surface area contributed by atoms with Gasteiger partial charge in [-0.25, -0.2) is 0 Å². The quantitative estimate of drug-likeness (QED) is 0.295. The third-order valence-corrected chi connectivity index (χ3v) is 7.77. The minimum absolute atomic E-state index is 0.0804. The average molecular weight is 546 g/mol. The van der Waals surface area contributed by atoms with Crippen molar-refractivity contribution in [3.05, 3.63) is 104 Å². The van der Waals surface area contributed by atoms with E-state index in [1.54, 1.807) is 6.07 Å². The van der Waals surface area contributed by atoms with Gasteiger partial charge in [0.05, 0.1) is 5.25 Å². The lowest BCUT2D eigenvalue weighted by molar-refractivity contribution is -0.117. The second-order valence-electron chi connectivity index (χ2n) is 8.44. The van der Waals surface area contributed by atoms with Gasteiger partial charge in [-0.2, -0.15) is 5.26 Å². The molecular formula is C28H24BrN3O2S. The third kappa shape index (κ3) is 5.34. The molecule has 1 unspecified atom stereocenters. The Bertz CT molecular complexity index is 1380. The first-order chi connectivity index (χ1) is 16.8. The van der Waals surface area contributed by atoms with Crippen molar-refractivity contribution in [1.82, 2.24) is 0 Å². The van der Waals surface area contributed by atoms with E-state index in [2.05, 4.69) is 27.3 Å². The van der Waals surface area contributed by atoms with Crippen LogP contribution in [0.2, 0.25) is 0 Å². The van der Waals surface area contributed by atoms with Gasteiger partial charge in [0.15, 0.2) is 0 Å². The van der Waals surface area contributed by atoms with Crippen LogP contribution in [0.4, 0.5) is 11.4 Å². The summed E-state index contributed by atoms with van der Waals surface area (Å²) in [6, 6.07) is 23.0. The molecule has 3 aromatic rings. The number of nitrogens with zero attached hydrogens (tertiary/aromatic N) is 2. The Kier molecular flexibility index (Phi) is 7.44. The Morgan fingerprint density at radius 3 is 2.40 bits per heavy atom. The largest absolute Gasteiger partial charge is 0.321 e. The number of nitrogens with one attached hydrogen (secondary N) is 1. The Hall–Kier alpha value is -3.34. The molecule has 1 aliphatic rings. The Balaban J connectivity index is 1.75. The lowest BCUT2D eigenvalue weighted by atomic mass is 10.1. The standard InChI is InChI=1S/C28H24BrN3O2S/c1-17-8-13-22(14-19(17)3)32-27(34)25(15-20-9-11-21(29)12-10-20)35-28(32)23(16-30)26(33)31-24-7-5-4-6-18(24)2/h4-14,25H,15H2,1-3H3,(H,31,33)/b28-23-. The van der Waals surface area contributed by atoms with Crippen LogP contribution in [0.3, 0.4) is 0 Å². The van der Waals surface area contributed by atoms with Crippen LogP contribution < -0.4 is 10.2 Å². The Morgan fingerprint density at radius 1 is 1.03 bits per heavy atom. The molecule has 0 radical (unpaired) electrons. The van der Waals surface area contributed by atoms with Gasteiger partial charge in [-0.15, -0.1) is 0 Å². The molecular weight excluding hydrogens is 522 g/mol. The molecule has 0 aromatic heterocycles. The zero-order valence-electron chi connectivity index (χ0n) is 19.6. The summed E-state index contributed by atoms with van der Waals surface area (Å²) >= 11 is 4.71. The molecule has 0 aliphatic carbocycles. The zero-order valence-corrected chi connectivity index (χ0v) is 22.0. The van der Waals surface area contributed by atoms with Crippen LogP contribution in [0.5, 0.6) is 0 Å². The molecule has 3 aromatic carbocycles. The maximum Gasteiger partial charge on any atom is 0.269 e. The number of nitriles is 1. The Morgan fingerprint density at radius 2 is 1.74 bits per heavy atom. The van der Waals surface area contributed by atoms with E-state index in [4.69, 9.17) is 0 Å². The van der Waals surface area contributed by atoms with Crippen LogP contribution in [-0.2, 0) is 16.0 Å². The number of aryl methyl sites for hydroxylation is 3. The van der Waals surface area contributed by atoms with E-state index in [9.17, 15) is 14.9 Å². The van der Waals surface area contributed by atoms with Crippen molar-refractivity contribution in [3.8, 4) is 6.07 Å². The van der Waals surface area contributed by atoms with Gasteiger partial charge in [-0.1, -0.05) is 64.1 Å². The molecule has 1 heterocycles. The van der Waals surface area contributed by atoms with Crippen LogP contribution in [0.1, 0.15) is 22.3 Å². The first-order valence-electron chi connectivity index (χ1n) is 11.1. The zero-order chi connectivity index (χ0) is 25.1. The lowest BCUT2D eigenvalue weighted by Gasteiger charge is -2.20. The summed E-state index contributed by atoms with van der Waals surface area (Å²) in [5.74, 6) is -0.678. The molecule has 7 heteroatoms. The van der Waals surface area contributed by atoms with Crippen LogP contribution in [-0.4, -0.2) is 17.1 Å². The highest BCUT2D eigenvalue weighted by molar-refractivity contribution is 9.10. The second kappa shape index (κ2) is 10.5. The summed E-state index contributed by atoms with van der Waals surface area (Å²) in [6.07, 6.45) is 0.486. The van der Waals surface area contributed by atoms with Crippen molar-refractivity contribution in [1.29, 1.82) is 5.26 Å². The summed E-state index contributed by atoms with van der Waals surface area (Å²) < 4.78 is 0.962. The third-order valence-electron chi connectivity index (χ3n) is 5.98. The van der Waals surface area contributed by atoms with Crippen LogP contribution in [0, 0.1) is 32.1 Å². The molecule has 1 atom stereocenters. The molecule has 1 saturated heterocycles. The normalized spacial score (nSPS) is 16.7. The van der Waals surface area contributed by atoms with Crippen molar-refractivity contribution >= 4 is 50.9 Å². The van der Waals surface area contributed by atoms with E-state index < -0.39 is 11.2 Å². The number of hydrogen-bond donors (Lipinski definition) is 1. The smallest absolute Gasteiger partial charge is 0.269 e. The molecule has 0 bridgehead atoms. The highest BCUT2D eigenvalue weighted by Crippen LogP contribution is 2.42. The highest BCUT2D eigenvalue weighted by Gasteiger charge is 2.41. The number of halogens is 1. The average Bonchev–Trinajstić information content (AvgIpc) is 3.14. The van der Waals surface area contributed by atoms with E-state index in [1.807, 2.05) is 81.4 Å². The fraction of sp³-hybridized carbons (Fsp3) is 0.179. The van der Waals surface area contributed by atoms with Crippen LogP contribution in [0.25, 0.3) is 0 Å². The summed E-state index contributed by atoms with van der Waals surface area (Å²) in [5.41, 5.74) is 5.21. The molecule has 5 nitrogen and oxygen atoms in total. The van der Waals surface area contributed by atoms with Gasteiger partial charge in [-0.05, 0) is 79.8 Å². The van der Waals surface area contributed by atoms with E-state index in [0.29, 0.717) is 22.8 Å². The van der Waals surface area contributed by atoms with Crippen LogP contribution in [0.15, 0.2) is 81.8 Å². The van der Waals surface area contributed by atoms with Crippen molar-refractivity contribution in [2.45, 2.75) is 32.4 Å². The number of carbonyl (C=O) groups is 2. The first kappa shape index (κ1) is 24.8. The number of hydrogen-bond acceptors (Lipinski definition) is 4. The molecule has 176 valence electrons. The van der Waals surface area contributed by atoms with Gasteiger partial charge in [0.1, 0.15) is 16.7 Å². The van der Waals surface area contributed by atoms with E-state index in [-0.39, 0.29) is 11.5 Å².